The number of rotatable bonds is 6. The Morgan fingerprint density at radius 1 is 1.26 bits per heavy atom. The molecule has 2 atom stereocenters. The van der Waals surface area contributed by atoms with Crippen LogP contribution < -0.4 is 10.1 Å². The lowest BCUT2D eigenvalue weighted by molar-refractivity contribution is -0.129. The number of carbonyl (C=O) groups excluding carboxylic acids is 1. The van der Waals surface area contributed by atoms with Gasteiger partial charge in [0.15, 0.2) is 0 Å². The summed E-state index contributed by atoms with van der Waals surface area (Å²) in [6.45, 7) is 3.09. The number of fused-ring (bicyclic) bond motifs is 1. The average Bonchev–Trinajstić information content (AvgIpc) is 2.60. The molecule has 0 radical (unpaired) electrons. The predicted molar refractivity (Wildman–Crippen MR) is 88.5 cm³/mol. The summed E-state index contributed by atoms with van der Waals surface area (Å²) in [5.74, 6) is 0.910. The summed E-state index contributed by atoms with van der Waals surface area (Å²) in [5, 5.41) is 2.95. The van der Waals surface area contributed by atoms with Crippen LogP contribution in [0.15, 0.2) is 30.3 Å². The van der Waals surface area contributed by atoms with Crippen LogP contribution in [0.4, 0.5) is 0 Å². The smallest absolute Gasteiger partial charge is 0.234 e. The molecule has 1 amide bonds. The van der Waals surface area contributed by atoms with E-state index in [1.165, 1.54) is 12.8 Å². The molecule has 0 spiro atoms. The fourth-order valence-corrected chi connectivity index (χ4v) is 3.49. The summed E-state index contributed by atoms with van der Waals surface area (Å²) in [6, 6.07) is 10.1. The third kappa shape index (κ3) is 4.69. The van der Waals surface area contributed by atoms with Gasteiger partial charge in [-0.05, 0) is 25.0 Å². The van der Waals surface area contributed by atoms with Gasteiger partial charge < -0.3 is 14.8 Å². The summed E-state index contributed by atoms with van der Waals surface area (Å²) in [7, 11) is 0. The van der Waals surface area contributed by atoms with E-state index in [4.69, 9.17) is 9.47 Å². The van der Waals surface area contributed by atoms with Crippen LogP contribution in [0.5, 0.6) is 5.75 Å². The number of nitrogens with one attached hydrogen (secondary N) is 1. The van der Waals surface area contributed by atoms with Crippen molar-refractivity contribution in [3.63, 3.8) is 0 Å². The van der Waals surface area contributed by atoms with Crippen LogP contribution in [0, 0.1) is 0 Å². The monoisotopic (exact) mass is 318 g/mol. The standard InChI is InChI=1S/C18H26N2O3/c21-18(19-10-12-22-15-6-2-1-3-7-15)14-20-11-13-23-17-9-5-4-8-16(17)20/h1-3,6-7,16-17H,4-5,8-14H2,(H,19,21). The quantitative estimate of drug-likeness (QED) is 0.813. The SMILES string of the molecule is O=C(CN1CCOC2CCCCC21)NCCOc1ccccc1. The fourth-order valence-electron chi connectivity index (χ4n) is 3.49. The lowest BCUT2D eigenvalue weighted by atomic mass is 9.90. The van der Waals surface area contributed by atoms with Gasteiger partial charge >= 0.3 is 0 Å². The largest absolute Gasteiger partial charge is 0.492 e. The second kappa shape index (κ2) is 8.31. The Morgan fingerprint density at radius 3 is 2.96 bits per heavy atom. The minimum Gasteiger partial charge on any atom is -0.492 e. The van der Waals surface area contributed by atoms with Crippen molar-refractivity contribution in [2.45, 2.75) is 37.8 Å². The maximum absolute atomic E-state index is 12.1. The molecule has 1 aliphatic heterocycles. The Balaban J connectivity index is 1.37. The molecule has 23 heavy (non-hydrogen) atoms. The molecule has 5 heteroatoms. The zero-order valence-corrected chi connectivity index (χ0v) is 13.6. The first-order chi connectivity index (χ1) is 11.3. The number of carbonyl (C=O) groups is 1. The molecule has 2 fully saturated rings. The van der Waals surface area contributed by atoms with Gasteiger partial charge in [0.25, 0.3) is 0 Å². The second-order valence-corrected chi connectivity index (χ2v) is 6.24. The molecule has 1 aromatic rings. The number of hydrogen-bond acceptors (Lipinski definition) is 4. The normalized spacial score (nSPS) is 24.7. The van der Waals surface area contributed by atoms with Gasteiger partial charge in [0.1, 0.15) is 12.4 Å². The molecule has 0 aromatic heterocycles. The number of hydrogen-bond donors (Lipinski definition) is 1. The Bertz CT molecular complexity index is 492. The number of para-hydroxylation sites is 1. The molecule has 0 bridgehead atoms. The highest BCUT2D eigenvalue weighted by Crippen LogP contribution is 2.28. The fraction of sp³-hybridized carbons (Fsp3) is 0.611. The first kappa shape index (κ1) is 16.3. The number of morpholine rings is 1. The third-order valence-electron chi connectivity index (χ3n) is 4.63. The summed E-state index contributed by atoms with van der Waals surface area (Å²) in [4.78, 5) is 14.4. The predicted octanol–water partition coefficient (Wildman–Crippen LogP) is 1.82. The number of amides is 1. The van der Waals surface area contributed by atoms with Crippen LogP contribution in [0.2, 0.25) is 0 Å². The van der Waals surface area contributed by atoms with Crippen LogP contribution in [-0.4, -0.2) is 55.8 Å². The maximum atomic E-state index is 12.1. The molecule has 3 rings (SSSR count). The van der Waals surface area contributed by atoms with E-state index in [9.17, 15) is 4.79 Å². The van der Waals surface area contributed by atoms with Crippen molar-refractivity contribution < 1.29 is 14.3 Å². The van der Waals surface area contributed by atoms with Gasteiger partial charge in [-0.1, -0.05) is 31.0 Å². The van der Waals surface area contributed by atoms with Crippen LogP contribution in [0.1, 0.15) is 25.7 Å². The van der Waals surface area contributed by atoms with E-state index in [1.807, 2.05) is 30.3 Å². The van der Waals surface area contributed by atoms with Crippen LogP contribution in [0.25, 0.3) is 0 Å². The highest BCUT2D eigenvalue weighted by Gasteiger charge is 2.34. The van der Waals surface area contributed by atoms with Crippen molar-refractivity contribution in [2.75, 3.05) is 32.8 Å². The summed E-state index contributed by atoms with van der Waals surface area (Å²) >= 11 is 0. The lowest BCUT2D eigenvalue weighted by Crippen LogP contribution is -2.55. The molecule has 126 valence electrons. The van der Waals surface area contributed by atoms with Crippen molar-refractivity contribution in [3.8, 4) is 5.75 Å². The Hall–Kier alpha value is -1.59. The van der Waals surface area contributed by atoms with Gasteiger partial charge in [0.05, 0.1) is 25.8 Å². The molecule has 1 aromatic carbocycles. The Kier molecular flexibility index (Phi) is 5.88. The average molecular weight is 318 g/mol. The minimum absolute atomic E-state index is 0.0767. The van der Waals surface area contributed by atoms with Crippen molar-refractivity contribution in [2.24, 2.45) is 0 Å². The van der Waals surface area contributed by atoms with Gasteiger partial charge in [-0.25, -0.2) is 0 Å². The van der Waals surface area contributed by atoms with E-state index in [2.05, 4.69) is 10.2 Å². The zero-order chi connectivity index (χ0) is 15.9. The lowest BCUT2D eigenvalue weighted by Gasteiger charge is -2.43. The van der Waals surface area contributed by atoms with Gasteiger partial charge in [-0.2, -0.15) is 0 Å². The van der Waals surface area contributed by atoms with Gasteiger partial charge in [0, 0.05) is 12.6 Å². The first-order valence-corrected chi connectivity index (χ1v) is 8.63. The highest BCUT2D eigenvalue weighted by atomic mass is 16.5. The molecule has 1 N–H and O–H groups in total. The van der Waals surface area contributed by atoms with E-state index in [1.54, 1.807) is 0 Å². The van der Waals surface area contributed by atoms with Crippen molar-refractivity contribution >= 4 is 5.91 Å². The van der Waals surface area contributed by atoms with Crippen LogP contribution in [-0.2, 0) is 9.53 Å². The molecule has 1 heterocycles. The van der Waals surface area contributed by atoms with E-state index < -0.39 is 0 Å². The third-order valence-corrected chi connectivity index (χ3v) is 4.63. The number of ether oxygens (including phenoxy) is 2. The van der Waals surface area contributed by atoms with Crippen LogP contribution in [0.3, 0.4) is 0 Å². The van der Waals surface area contributed by atoms with E-state index in [-0.39, 0.29) is 5.91 Å². The topological polar surface area (TPSA) is 50.8 Å². The number of benzene rings is 1. The molecule has 1 saturated carbocycles. The molecule has 2 unspecified atom stereocenters. The zero-order valence-electron chi connectivity index (χ0n) is 13.6. The second-order valence-electron chi connectivity index (χ2n) is 6.24. The Morgan fingerprint density at radius 2 is 2.09 bits per heavy atom. The summed E-state index contributed by atoms with van der Waals surface area (Å²) < 4.78 is 11.4. The first-order valence-electron chi connectivity index (χ1n) is 8.63. The molecule has 2 aliphatic rings. The van der Waals surface area contributed by atoms with E-state index in [0.29, 0.717) is 31.8 Å². The van der Waals surface area contributed by atoms with E-state index in [0.717, 1.165) is 31.7 Å². The van der Waals surface area contributed by atoms with Crippen molar-refractivity contribution in [1.29, 1.82) is 0 Å². The summed E-state index contributed by atoms with van der Waals surface area (Å²) in [6.07, 6.45) is 5.10. The molecule has 5 nitrogen and oxygen atoms in total. The van der Waals surface area contributed by atoms with Gasteiger partial charge in [-0.15, -0.1) is 0 Å². The summed E-state index contributed by atoms with van der Waals surface area (Å²) in [5.41, 5.74) is 0. The minimum atomic E-state index is 0.0767. The molecule has 1 saturated heterocycles. The number of nitrogens with zero attached hydrogens (tertiary/aromatic N) is 1. The van der Waals surface area contributed by atoms with E-state index >= 15 is 0 Å². The van der Waals surface area contributed by atoms with Crippen molar-refractivity contribution in [1.82, 2.24) is 10.2 Å². The van der Waals surface area contributed by atoms with Crippen LogP contribution >= 0.6 is 0 Å². The Labute approximate surface area is 137 Å². The maximum Gasteiger partial charge on any atom is 0.234 e. The molecular formula is C18H26N2O3. The van der Waals surface area contributed by atoms with Gasteiger partial charge in [0.2, 0.25) is 5.91 Å². The van der Waals surface area contributed by atoms with Gasteiger partial charge in [-0.3, -0.25) is 9.69 Å². The molecular weight excluding hydrogens is 292 g/mol. The molecule has 1 aliphatic carbocycles. The highest BCUT2D eigenvalue weighted by molar-refractivity contribution is 5.78. The van der Waals surface area contributed by atoms with Crippen molar-refractivity contribution in [3.05, 3.63) is 30.3 Å².